The van der Waals surface area contributed by atoms with Gasteiger partial charge in [0.2, 0.25) is 7.12 Å². The van der Waals surface area contributed by atoms with Crippen molar-refractivity contribution in [2.45, 2.75) is 44.1 Å². The first-order valence-corrected chi connectivity index (χ1v) is 6.37. The Balaban J connectivity index is 4.75. The molecule has 0 aliphatic carbocycles. The van der Waals surface area contributed by atoms with Crippen LogP contribution >= 0.6 is 0 Å². The van der Waals surface area contributed by atoms with Gasteiger partial charge in [-0.3, -0.25) is 8.99 Å². The van der Waals surface area contributed by atoms with Crippen LogP contribution in [0.15, 0.2) is 0 Å². The minimum atomic E-state index is -3.31. The molecule has 0 aromatic carbocycles. The van der Waals surface area contributed by atoms with Gasteiger partial charge in [-0.1, -0.05) is 39.4 Å². The average Bonchev–Trinajstić information content (AvgIpc) is 2.01. The summed E-state index contributed by atoms with van der Waals surface area (Å²) in [7, 11) is 13.5. The summed E-state index contributed by atoms with van der Waals surface area (Å²) in [6.45, 7) is 5.46. The maximum Gasteiger partial charge on any atom is 0.224 e. The van der Waals surface area contributed by atoms with Gasteiger partial charge in [0.1, 0.15) is 0 Å². The van der Waals surface area contributed by atoms with Crippen LogP contribution < -0.4 is 0 Å². The lowest BCUT2D eigenvalue weighted by atomic mass is 9.61. The Morgan fingerprint density at radius 3 is 2.29 bits per heavy atom. The van der Waals surface area contributed by atoms with Crippen LogP contribution in [0.5, 0.6) is 0 Å². The lowest BCUT2D eigenvalue weighted by molar-refractivity contribution is 0.465. The summed E-state index contributed by atoms with van der Waals surface area (Å²) >= 11 is 0. The van der Waals surface area contributed by atoms with Crippen LogP contribution in [0.25, 0.3) is 0 Å². The van der Waals surface area contributed by atoms with Crippen LogP contribution in [0, 0.1) is 10.7 Å². The number of rotatable bonds is 5. The highest BCUT2D eigenvalue weighted by Crippen LogP contribution is 2.34. The van der Waals surface area contributed by atoms with Crippen molar-refractivity contribution in [3.8, 4) is 0 Å². The minimum Gasteiger partial charge on any atom is -0.263 e. The molecule has 14 heavy (non-hydrogen) atoms. The molecule has 0 amide bonds. The van der Waals surface area contributed by atoms with Crippen molar-refractivity contribution in [3.63, 3.8) is 0 Å². The summed E-state index contributed by atoms with van der Waals surface area (Å²) in [5, 5.41) is 0. The van der Waals surface area contributed by atoms with Gasteiger partial charge < -0.3 is 0 Å². The zero-order valence-electron chi connectivity index (χ0n) is 9.12. The Kier molecular flexibility index (Phi) is 4.83. The molecule has 6 heteroatoms. The third-order valence-corrected chi connectivity index (χ3v) is 4.25. The fourth-order valence-corrected chi connectivity index (χ4v) is 2.04. The second-order valence-corrected chi connectivity index (χ2v) is 6.16. The highest BCUT2D eigenvalue weighted by atomic mass is 32.2. The third kappa shape index (κ3) is 3.08. The van der Waals surface area contributed by atoms with E-state index in [-0.39, 0.29) is 5.92 Å². The highest BCUT2D eigenvalue weighted by molar-refractivity contribution is 8.15. The van der Waals surface area contributed by atoms with E-state index in [1.807, 2.05) is 13.8 Å². The monoisotopic (exact) mass is 207 g/mol. The number of hydrogen-bond donors (Lipinski definition) is 1. The fourth-order valence-electron chi connectivity index (χ4n) is 1.40. The topological polar surface area (TPSA) is 40.9 Å². The average molecular weight is 207 g/mol. The summed E-state index contributed by atoms with van der Waals surface area (Å²) in [4.78, 5) is 0. The van der Waals surface area contributed by atoms with Crippen molar-refractivity contribution in [3.05, 3.63) is 0 Å². The molecule has 4 atom stereocenters. The van der Waals surface area contributed by atoms with Gasteiger partial charge in [-0.05, 0) is 20.1 Å². The minimum absolute atomic E-state index is 0.115. The molecule has 0 aliphatic rings. The maximum absolute atomic E-state index is 11.4. The van der Waals surface area contributed by atoms with E-state index in [4.69, 9.17) is 27.6 Å². The quantitative estimate of drug-likeness (QED) is 0.679. The molecular weight excluding hydrogens is 191 g/mol. The predicted molar refractivity (Wildman–Crippen MR) is 64.4 cm³/mol. The van der Waals surface area contributed by atoms with Crippen LogP contribution in [0.2, 0.25) is 5.82 Å². The van der Waals surface area contributed by atoms with Crippen molar-refractivity contribution in [1.82, 2.24) is 0 Å². The van der Waals surface area contributed by atoms with E-state index in [1.165, 1.54) is 6.92 Å². The molecule has 0 aliphatic heterocycles. The van der Waals surface area contributed by atoms with E-state index in [0.717, 1.165) is 12.8 Å². The van der Waals surface area contributed by atoms with E-state index in [2.05, 4.69) is 0 Å². The normalized spacial score (nSPS) is 24.5. The summed E-state index contributed by atoms with van der Waals surface area (Å²) < 4.78 is 17.4. The van der Waals surface area contributed by atoms with Crippen molar-refractivity contribution >= 4 is 32.4 Å². The maximum atomic E-state index is 11.4. The Bertz CT molecular complexity index is 276. The first-order chi connectivity index (χ1) is 6.14. The summed E-state index contributed by atoms with van der Waals surface area (Å²) in [5.41, 5.74) is 0. The van der Waals surface area contributed by atoms with Crippen molar-refractivity contribution in [1.29, 1.82) is 4.78 Å². The predicted octanol–water partition coefficient (Wildman–Crippen LogP) is 1.39. The summed E-state index contributed by atoms with van der Waals surface area (Å²) in [6, 6.07) is 0. The number of hydrogen-bond acceptors (Lipinski definition) is 2. The van der Waals surface area contributed by atoms with Crippen LogP contribution in [-0.4, -0.2) is 31.7 Å². The second-order valence-electron chi connectivity index (χ2n) is 4.08. The van der Waals surface area contributed by atoms with Gasteiger partial charge in [-0.15, -0.1) is 0 Å². The molecule has 74 valence electrons. The first kappa shape index (κ1) is 14.1. The van der Waals surface area contributed by atoms with Crippen LogP contribution in [-0.2, 0) is 9.58 Å². The van der Waals surface area contributed by atoms with Crippen LogP contribution in [0.3, 0.4) is 0 Å². The zero-order chi connectivity index (χ0) is 11.6. The van der Waals surface area contributed by atoms with E-state index in [1.54, 1.807) is 0 Å². The lowest BCUT2D eigenvalue weighted by Crippen LogP contribution is -2.42. The van der Waals surface area contributed by atoms with Gasteiger partial charge in [0, 0.05) is 0 Å². The molecule has 0 bridgehead atoms. The smallest absolute Gasteiger partial charge is 0.224 e. The molecule has 0 spiro atoms. The summed E-state index contributed by atoms with van der Waals surface area (Å²) in [5.74, 6) is -0.401. The molecule has 1 N–H and O–H groups in total. The van der Waals surface area contributed by atoms with Gasteiger partial charge >= 0.3 is 0 Å². The van der Waals surface area contributed by atoms with Crippen molar-refractivity contribution in [2.75, 3.05) is 0 Å². The van der Waals surface area contributed by atoms with Gasteiger partial charge in [-0.25, -0.2) is 0 Å². The standard InChI is InChI=1S/C8H16B3NOS/c1-4-5-6(2)7(9)8(3,10)14(11,12)13/h6-7,12H,4-5H2,1-3H3. The van der Waals surface area contributed by atoms with Gasteiger partial charge in [0.05, 0.1) is 15.7 Å². The Morgan fingerprint density at radius 1 is 1.57 bits per heavy atom. The Labute approximate surface area is 91.7 Å². The Morgan fingerprint density at radius 2 is 2.00 bits per heavy atom. The summed E-state index contributed by atoms with van der Waals surface area (Å²) in [6.07, 6.45) is 1.87. The third-order valence-electron chi connectivity index (χ3n) is 2.67. The SMILES string of the molecule is [B]C(C(C)CCC)C([B])(C)S([B])(=N)=O. The molecule has 0 fully saturated rings. The fraction of sp³-hybridized carbons (Fsp3) is 1.00. The molecule has 0 rings (SSSR count). The molecule has 6 radical (unpaired) electrons. The molecule has 0 heterocycles. The van der Waals surface area contributed by atoms with E-state index in [9.17, 15) is 4.21 Å². The Hall–Kier alpha value is 0.145. The largest absolute Gasteiger partial charge is 0.263 e. The highest BCUT2D eigenvalue weighted by Gasteiger charge is 2.34. The first-order valence-electron chi connectivity index (χ1n) is 4.75. The molecule has 2 nitrogen and oxygen atoms in total. The molecular formula is C8H16B3NOS. The van der Waals surface area contributed by atoms with E-state index in [0.29, 0.717) is 0 Å². The number of nitrogens with one attached hydrogen (secondary N) is 1. The van der Waals surface area contributed by atoms with E-state index < -0.39 is 20.0 Å². The van der Waals surface area contributed by atoms with Gasteiger partial charge in [0.25, 0.3) is 0 Å². The van der Waals surface area contributed by atoms with Gasteiger partial charge in [0.15, 0.2) is 0 Å². The van der Waals surface area contributed by atoms with E-state index >= 15 is 0 Å². The van der Waals surface area contributed by atoms with Crippen LogP contribution in [0.4, 0.5) is 0 Å². The molecule has 0 aromatic heterocycles. The van der Waals surface area contributed by atoms with Crippen LogP contribution in [0.1, 0.15) is 33.6 Å². The lowest BCUT2D eigenvalue weighted by Gasteiger charge is -2.37. The molecule has 4 unspecified atom stereocenters. The van der Waals surface area contributed by atoms with Crippen molar-refractivity contribution in [2.24, 2.45) is 5.92 Å². The second kappa shape index (κ2) is 4.78. The molecule has 0 aromatic rings. The van der Waals surface area contributed by atoms with Gasteiger partial charge in [-0.2, -0.15) is 0 Å². The zero-order valence-corrected chi connectivity index (χ0v) is 9.93. The molecule has 0 saturated carbocycles. The molecule has 0 saturated heterocycles. The van der Waals surface area contributed by atoms with Crippen molar-refractivity contribution < 1.29 is 4.21 Å².